The summed E-state index contributed by atoms with van der Waals surface area (Å²) >= 11 is 0. The van der Waals surface area contributed by atoms with E-state index in [-0.39, 0.29) is 11.8 Å². The highest BCUT2D eigenvalue weighted by molar-refractivity contribution is 6.43. The number of rotatable bonds is 2. The van der Waals surface area contributed by atoms with Crippen molar-refractivity contribution in [1.82, 2.24) is 5.43 Å². The molecule has 0 fully saturated rings. The number of carbonyl (C=O) groups is 2. The highest BCUT2D eigenvalue weighted by Gasteiger charge is 2.18. The fraction of sp³-hybridized carbons (Fsp3) is 0.357. The SMILES string of the molecule is O=C1CCC(C(=O)Nc2ccc3c(c2)CCCN3)=NN1. The third-order valence-corrected chi connectivity index (χ3v) is 3.47. The summed E-state index contributed by atoms with van der Waals surface area (Å²) in [7, 11) is 0. The zero-order valence-electron chi connectivity index (χ0n) is 11.0. The number of fused-ring (bicyclic) bond motifs is 1. The van der Waals surface area contributed by atoms with Crippen LogP contribution in [0.5, 0.6) is 0 Å². The quantitative estimate of drug-likeness (QED) is 0.757. The summed E-state index contributed by atoms with van der Waals surface area (Å²) in [6, 6.07) is 5.84. The molecule has 104 valence electrons. The first kappa shape index (κ1) is 12.7. The molecule has 3 rings (SSSR count). The van der Waals surface area contributed by atoms with Gasteiger partial charge in [0.25, 0.3) is 5.91 Å². The Balaban J connectivity index is 1.71. The van der Waals surface area contributed by atoms with Gasteiger partial charge in [-0.05, 0) is 36.6 Å². The number of aryl methyl sites for hydroxylation is 1. The van der Waals surface area contributed by atoms with E-state index >= 15 is 0 Å². The smallest absolute Gasteiger partial charge is 0.271 e. The molecule has 0 saturated heterocycles. The molecule has 2 aliphatic heterocycles. The van der Waals surface area contributed by atoms with Gasteiger partial charge in [-0.15, -0.1) is 0 Å². The van der Waals surface area contributed by atoms with E-state index in [1.807, 2.05) is 18.2 Å². The van der Waals surface area contributed by atoms with Crippen molar-refractivity contribution < 1.29 is 9.59 Å². The Kier molecular flexibility index (Phi) is 3.37. The molecule has 0 spiro atoms. The molecule has 0 aliphatic carbocycles. The molecule has 6 heteroatoms. The average Bonchev–Trinajstić information content (AvgIpc) is 2.48. The fourth-order valence-electron chi connectivity index (χ4n) is 2.39. The van der Waals surface area contributed by atoms with Gasteiger partial charge in [-0.3, -0.25) is 9.59 Å². The topological polar surface area (TPSA) is 82.6 Å². The molecule has 1 aromatic carbocycles. The van der Waals surface area contributed by atoms with E-state index in [2.05, 4.69) is 21.2 Å². The van der Waals surface area contributed by atoms with Crippen LogP contribution >= 0.6 is 0 Å². The molecule has 0 atom stereocenters. The lowest BCUT2D eigenvalue weighted by Gasteiger charge is -2.19. The number of nitrogens with one attached hydrogen (secondary N) is 3. The number of benzene rings is 1. The van der Waals surface area contributed by atoms with Gasteiger partial charge in [-0.1, -0.05) is 0 Å². The Morgan fingerprint density at radius 3 is 2.95 bits per heavy atom. The minimum atomic E-state index is -0.256. The van der Waals surface area contributed by atoms with Crippen LogP contribution in [-0.4, -0.2) is 24.1 Å². The van der Waals surface area contributed by atoms with Crippen LogP contribution in [0.25, 0.3) is 0 Å². The normalized spacial score (nSPS) is 17.4. The molecular formula is C14H16N4O2. The summed E-state index contributed by atoms with van der Waals surface area (Å²) in [5, 5.41) is 9.94. The molecule has 0 saturated carbocycles. The van der Waals surface area contributed by atoms with Gasteiger partial charge in [0.2, 0.25) is 5.91 Å². The summed E-state index contributed by atoms with van der Waals surface area (Å²) in [6.07, 6.45) is 2.80. The predicted octanol–water partition coefficient (Wildman–Crippen LogP) is 1.25. The first-order valence-electron chi connectivity index (χ1n) is 6.76. The second-order valence-electron chi connectivity index (χ2n) is 4.95. The van der Waals surface area contributed by atoms with Crippen molar-refractivity contribution in [2.24, 2.45) is 5.10 Å². The van der Waals surface area contributed by atoms with Crippen molar-refractivity contribution in [3.8, 4) is 0 Å². The van der Waals surface area contributed by atoms with Gasteiger partial charge < -0.3 is 10.6 Å². The minimum absolute atomic E-state index is 0.151. The van der Waals surface area contributed by atoms with Crippen LogP contribution in [0.1, 0.15) is 24.8 Å². The molecule has 1 aromatic rings. The van der Waals surface area contributed by atoms with E-state index < -0.39 is 0 Å². The number of carbonyl (C=O) groups excluding carboxylic acids is 2. The first-order valence-corrected chi connectivity index (χ1v) is 6.76. The lowest BCUT2D eigenvalue weighted by atomic mass is 10.0. The molecule has 0 unspecified atom stereocenters. The van der Waals surface area contributed by atoms with Gasteiger partial charge in [0.1, 0.15) is 5.71 Å². The number of amides is 2. The second kappa shape index (κ2) is 5.32. The second-order valence-corrected chi connectivity index (χ2v) is 4.95. The van der Waals surface area contributed by atoms with Crippen LogP contribution in [-0.2, 0) is 16.0 Å². The van der Waals surface area contributed by atoms with Gasteiger partial charge in [-0.2, -0.15) is 5.10 Å². The van der Waals surface area contributed by atoms with E-state index in [4.69, 9.17) is 0 Å². The first-order chi connectivity index (χ1) is 9.72. The Bertz CT molecular complexity index is 595. The van der Waals surface area contributed by atoms with Gasteiger partial charge >= 0.3 is 0 Å². The molecular weight excluding hydrogens is 256 g/mol. The van der Waals surface area contributed by atoms with Crippen molar-refractivity contribution in [2.75, 3.05) is 17.2 Å². The van der Waals surface area contributed by atoms with E-state index in [0.29, 0.717) is 18.6 Å². The highest BCUT2D eigenvalue weighted by atomic mass is 16.2. The number of hydrogen-bond donors (Lipinski definition) is 3. The number of nitrogens with zero attached hydrogens (tertiary/aromatic N) is 1. The highest BCUT2D eigenvalue weighted by Crippen LogP contribution is 2.25. The molecule has 2 heterocycles. The summed E-state index contributed by atoms with van der Waals surface area (Å²) < 4.78 is 0. The van der Waals surface area contributed by atoms with E-state index in [1.54, 1.807) is 0 Å². The number of anilines is 2. The van der Waals surface area contributed by atoms with Crippen LogP contribution in [0, 0.1) is 0 Å². The lowest BCUT2D eigenvalue weighted by Crippen LogP contribution is -2.32. The maximum Gasteiger partial charge on any atom is 0.271 e. The van der Waals surface area contributed by atoms with Gasteiger partial charge in [0.15, 0.2) is 0 Å². The van der Waals surface area contributed by atoms with Gasteiger partial charge in [0.05, 0.1) is 0 Å². The zero-order valence-corrected chi connectivity index (χ0v) is 11.0. The molecule has 20 heavy (non-hydrogen) atoms. The Labute approximate surface area is 116 Å². The molecule has 6 nitrogen and oxygen atoms in total. The molecule has 0 bridgehead atoms. The lowest BCUT2D eigenvalue weighted by molar-refractivity contribution is -0.121. The minimum Gasteiger partial charge on any atom is -0.385 e. The van der Waals surface area contributed by atoms with Gasteiger partial charge in [0, 0.05) is 30.8 Å². The van der Waals surface area contributed by atoms with Crippen LogP contribution in [0.15, 0.2) is 23.3 Å². The molecule has 3 N–H and O–H groups in total. The maximum absolute atomic E-state index is 12.0. The van der Waals surface area contributed by atoms with Crippen molar-refractivity contribution in [3.63, 3.8) is 0 Å². The van der Waals surface area contributed by atoms with Crippen molar-refractivity contribution in [3.05, 3.63) is 23.8 Å². The van der Waals surface area contributed by atoms with Crippen LogP contribution in [0.2, 0.25) is 0 Å². The zero-order chi connectivity index (χ0) is 13.9. The summed E-state index contributed by atoms with van der Waals surface area (Å²) in [5.74, 6) is -0.407. The van der Waals surface area contributed by atoms with E-state index in [0.717, 1.165) is 30.8 Å². The largest absolute Gasteiger partial charge is 0.385 e. The molecule has 2 aliphatic rings. The maximum atomic E-state index is 12.0. The summed E-state index contributed by atoms with van der Waals surface area (Å²) in [4.78, 5) is 23.0. The standard InChI is InChI=1S/C14H16N4O2/c19-13-6-5-12(17-18-13)14(20)16-10-3-4-11-9(8-10)2-1-7-15-11/h3-4,8,15H,1-2,5-7H2,(H,16,20)(H,18,19). The van der Waals surface area contributed by atoms with Gasteiger partial charge in [-0.25, -0.2) is 5.43 Å². The Hall–Kier alpha value is -2.37. The third kappa shape index (κ3) is 2.64. The molecule has 2 amide bonds. The summed E-state index contributed by atoms with van der Waals surface area (Å²) in [5.41, 5.74) is 5.80. The Morgan fingerprint density at radius 1 is 1.25 bits per heavy atom. The van der Waals surface area contributed by atoms with E-state index in [9.17, 15) is 9.59 Å². The van der Waals surface area contributed by atoms with Crippen molar-refractivity contribution >= 4 is 28.9 Å². The molecule has 0 aromatic heterocycles. The Morgan fingerprint density at radius 2 is 2.15 bits per heavy atom. The number of hydrazone groups is 1. The fourth-order valence-corrected chi connectivity index (χ4v) is 2.39. The van der Waals surface area contributed by atoms with E-state index in [1.165, 1.54) is 5.56 Å². The molecule has 0 radical (unpaired) electrons. The van der Waals surface area contributed by atoms with Crippen LogP contribution in [0.3, 0.4) is 0 Å². The van der Waals surface area contributed by atoms with Crippen LogP contribution < -0.4 is 16.1 Å². The van der Waals surface area contributed by atoms with Crippen LogP contribution in [0.4, 0.5) is 11.4 Å². The average molecular weight is 272 g/mol. The summed E-state index contributed by atoms with van der Waals surface area (Å²) in [6.45, 7) is 0.995. The van der Waals surface area contributed by atoms with Crippen molar-refractivity contribution in [2.45, 2.75) is 25.7 Å². The monoisotopic (exact) mass is 272 g/mol. The number of hydrogen-bond acceptors (Lipinski definition) is 4. The third-order valence-electron chi connectivity index (χ3n) is 3.47. The van der Waals surface area contributed by atoms with Crippen molar-refractivity contribution in [1.29, 1.82) is 0 Å². The predicted molar refractivity (Wildman–Crippen MR) is 76.7 cm³/mol.